The Morgan fingerprint density at radius 3 is 2.87 bits per heavy atom. The molecule has 0 saturated heterocycles. The van der Waals surface area contributed by atoms with E-state index in [1.165, 1.54) is 13.3 Å². The summed E-state index contributed by atoms with van der Waals surface area (Å²) in [5.74, 6) is 0.953. The number of carbonyl (C=O) groups excluding carboxylic acids is 2. The molecule has 0 aromatic carbocycles. The normalized spacial score (nSPS) is 26.4. The second-order valence-corrected chi connectivity index (χ2v) is 4.56. The highest BCUT2D eigenvalue weighted by Gasteiger charge is 2.27. The van der Waals surface area contributed by atoms with Crippen LogP contribution in [0.4, 0.5) is 0 Å². The zero-order chi connectivity index (χ0) is 11.3. The van der Waals surface area contributed by atoms with Gasteiger partial charge in [0, 0.05) is 25.3 Å². The highest BCUT2D eigenvalue weighted by molar-refractivity contribution is 5.83. The Morgan fingerprint density at radius 2 is 2.20 bits per heavy atom. The minimum absolute atomic E-state index is 0.0124. The molecule has 0 aromatic heterocycles. The third-order valence-corrected chi connectivity index (χ3v) is 3.18. The van der Waals surface area contributed by atoms with Gasteiger partial charge in [-0.05, 0) is 25.7 Å². The predicted octanol–water partition coefficient (Wildman–Crippen LogP) is 1.91. The number of hydrogen-bond acceptors (Lipinski definition) is 2. The summed E-state index contributed by atoms with van der Waals surface area (Å²) >= 11 is 0. The number of Topliss-reactive ketones (excluding diaryl/α,β-unsaturated/α-hetero) is 1. The van der Waals surface area contributed by atoms with Crippen LogP contribution >= 0.6 is 0 Å². The van der Waals surface area contributed by atoms with Gasteiger partial charge in [0.1, 0.15) is 5.78 Å². The Labute approximate surface area is 91.6 Å². The first-order valence-electron chi connectivity index (χ1n) is 5.89. The number of carbonyl (C=O) groups is 2. The van der Waals surface area contributed by atoms with Crippen LogP contribution in [-0.4, -0.2) is 18.2 Å². The quantitative estimate of drug-likeness (QED) is 0.722. The lowest BCUT2D eigenvalue weighted by atomic mass is 9.79. The van der Waals surface area contributed by atoms with Gasteiger partial charge in [0.05, 0.1) is 0 Å². The monoisotopic (exact) mass is 211 g/mol. The van der Waals surface area contributed by atoms with Gasteiger partial charge in [0.15, 0.2) is 0 Å². The first kappa shape index (κ1) is 12.2. The highest BCUT2D eigenvalue weighted by Crippen LogP contribution is 2.28. The van der Waals surface area contributed by atoms with Crippen LogP contribution < -0.4 is 5.32 Å². The SMILES string of the molecule is CC(=O)NCCCC1CCCC(C)C1=O. The third kappa shape index (κ3) is 4.02. The molecule has 3 nitrogen and oxygen atoms in total. The van der Waals surface area contributed by atoms with Gasteiger partial charge in [0.2, 0.25) is 5.91 Å². The van der Waals surface area contributed by atoms with Crippen LogP contribution in [-0.2, 0) is 9.59 Å². The van der Waals surface area contributed by atoms with Gasteiger partial charge in [-0.15, -0.1) is 0 Å². The summed E-state index contributed by atoms with van der Waals surface area (Å²) in [4.78, 5) is 22.4. The molecule has 3 heteroatoms. The van der Waals surface area contributed by atoms with Gasteiger partial charge >= 0.3 is 0 Å². The molecule has 0 radical (unpaired) electrons. The minimum atomic E-state index is 0.0124. The van der Waals surface area contributed by atoms with Gasteiger partial charge in [-0.3, -0.25) is 9.59 Å². The Morgan fingerprint density at radius 1 is 1.47 bits per heavy atom. The van der Waals surface area contributed by atoms with E-state index in [0.29, 0.717) is 12.3 Å². The Bertz CT molecular complexity index is 238. The number of nitrogens with one attached hydrogen (secondary N) is 1. The summed E-state index contributed by atoms with van der Waals surface area (Å²) in [6, 6.07) is 0. The standard InChI is InChI=1S/C12H21NO2/c1-9-5-3-6-11(12(9)15)7-4-8-13-10(2)14/h9,11H,3-8H2,1-2H3,(H,13,14). The van der Waals surface area contributed by atoms with E-state index in [-0.39, 0.29) is 17.7 Å². The second-order valence-electron chi connectivity index (χ2n) is 4.56. The van der Waals surface area contributed by atoms with Crippen molar-refractivity contribution in [1.82, 2.24) is 5.32 Å². The van der Waals surface area contributed by atoms with Gasteiger partial charge in [-0.25, -0.2) is 0 Å². The molecule has 1 aliphatic carbocycles. The van der Waals surface area contributed by atoms with E-state index < -0.39 is 0 Å². The van der Waals surface area contributed by atoms with Crippen LogP contribution in [0.1, 0.15) is 46.0 Å². The molecule has 1 saturated carbocycles. The van der Waals surface area contributed by atoms with Gasteiger partial charge in [-0.1, -0.05) is 13.3 Å². The zero-order valence-corrected chi connectivity index (χ0v) is 9.71. The first-order valence-corrected chi connectivity index (χ1v) is 5.89. The molecule has 1 fully saturated rings. The largest absolute Gasteiger partial charge is 0.356 e. The molecule has 1 N–H and O–H groups in total. The van der Waals surface area contributed by atoms with Gasteiger partial charge < -0.3 is 5.32 Å². The molecule has 2 unspecified atom stereocenters. The molecule has 1 rings (SSSR count). The van der Waals surface area contributed by atoms with E-state index in [4.69, 9.17) is 0 Å². The van der Waals surface area contributed by atoms with E-state index in [2.05, 4.69) is 5.32 Å². The zero-order valence-electron chi connectivity index (χ0n) is 9.71. The smallest absolute Gasteiger partial charge is 0.216 e. The molecule has 0 heterocycles. The average Bonchev–Trinajstić information content (AvgIpc) is 2.18. The Balaban J connectivity index is 2.20. The fourth-order valence-corrected chi connectivity index (χ4v) is 2.26. The molecule has 15 heavy (non-hydrogen) atoms. The molecule has 0 aliphatic heterocycles. The highest BCUT2D eigenvalue weighted by atomic mass is 16.1. The number of ketones is 1. The molecular formula is C12H21NO2. The van der Waals surface area contributed by atoms with Crippen molar-refractivity contribution in [3.8, 4) is 0 Å². The van der Waals surface area contributed by atoms with Crippen LogP contribution in [0.15, 0.2) is 0 Å². The number of amides is 1. The van der Waals surface area contributed by atoms with Crippen molar-refractivity contribution in [3.63, 3.8) is 0 Å². The van der Waals surface area contributed by atoms with Crippen LogP contribution in [0, 0.1) is 11.8 Å². The van der Waals surface area contributed by atoms with Gasteiger partial charge in [-0.2, -0.15) is 0 Å². The average molecular weight is 211 g/mol. The minimum Gasteiger partial charge on any atom is -0.356 e. The molecule has 0 bridgehead atoms. The van der Waals surface area contributed by atoms with E-state index in [1.807, 2.05) is 6.92 Å². The maximum atomic E-state index is 11.8. The third-order valence-electron chi connectivity index (χ3n) is 3.18. The number of hydrogen-bond donors (Lipinski definition) is 1. The Hall–Kier alpha value is -0.860. The maximum absolute atomic E-state index is 11.8. The number of rotatable bonds is 4. The fourth-order valence-electron chi connectivity index (χ4n) is 2.26. The van der Waals surface area contributed by atoms with Crippen LogP contribution in [0.2, 0.25) is 0 Å². The lowest BCUT2D eigenvalue weighted by Gasteiger charge is -2.25. The molecule has 86 valence electrons. The van der Waals surface area contributed by atoms with E-state index in [1.54, 1.807) is 0 Å². The van der Waals surface area contributed by atoms with E-state index >= 15 is 0 Å². The molecule has 0 aromatic rings. The lowest BCUT2D eigenvalue weighted by molar-refractivity contribution is -0.128. The summed E-state index contributed by atoms with van der Waals surface area (Å²) in [5, 5.41) is 2.76. The van der Waals surface area contributed by atoms with Crippen molar-refractivity contribution in [1.29, 1.82) is 0 Å². The van der Waals surface area contributed by atoms with E-state index in [9.17, 15) is 9.59 Å². The van der Waals surface area contributed by atoms with Crippen molar-refractivity contribution in [2.45, 2.75) is 46.0 Å². The van der Waals surface area contributed by atoms with E-state index in [0.717, 1.165) is 25.7 Å². The predicted molar refractivity (Wildman–Crippen MR) is 59.4 cm³/mol. The van der Waals surface area contributed by atoms with Crippen molar-refractivity contribution in [3.05, 3.63) is 0 Å². The van der Waals surface area contributed by atoms with Crippen molar-refractivity contribution < 1.29 is 9.59 Å². The summed E-state index contributed by atoms with van der Waals surface area (Å²) < 4.78 is 0. The summed E-state index contributed by atoms with van der Waals surface area (Å²) in [5.41, 5.74) is 0. The fraction of sp³-hybridized carbons (Fsp3) is 0.833. The molecule has 0 spiro atoms. The molecular weight excluding hydrogens is 190 g/mol. The molecule has 2 atom stereocenters. The summed E-state index contributed by atoms with van der Waals surface area (Å²) in [6.45, 7) is 4.25. The van der Waals surface area contributed by atoms with Gasteiger partial charge in [0.25, 0.3) is 0 Å². The maximum Gasteiger partial charge on any atom is 0.216 e. The van der Waals surface area contributed by atoms with Crippen LogP contribution in [0.25, 0.3) is 0 Å². The molecule has 1 amide bonds. The van der Waals surface area contributed by atoms with Crippen molar-refractivity contribution in [2.75, 3.05) is 6.54 Å². The Kier molecular flexibility index (Phi) is 4.79. The van der Waals surface area contributed by atoms with Crippen molar-refractivity contribution >= 4 is 11.7 Å². The summed E-state index contributed by atoms with van der Waals surface area (Å²) in [7, 11) is 0. The first-order chi connectivity index (χ1) is 7.11. The van der Waals surface area contributed by atoms with Crippen LogP contribution in [0.5, 0.6) is 0 Å². The van der Waals surface area contributed by atoms with Crippen LogP contribution in [0.3, 0.4) is 0 Å². The second kappa shape index (κ2) is 5.89. The topological polar surface area (TPSA) is 46.2 Å². The summed E-state index contributed by atoms with van der Waals surface area (Å²) in [6.07, 6.45) is 5.13. The lowest BCUT2D eigenvalue weighted by Crippen LogP contribution is -2.28. The van der Waals surface area contributed by atoms with Crippen molar-refractivity contribution in [2.24, 2.45) is 11.8 Å². The molecule has 1 aliphatic rings.